The van der Waals surface area contributed by atoms with Gasteiger partial charge in [-0.2, -0.15) is 0 Å². The summed E-state index contributed by atoms with van der Waals surface area (Å²) in [7, 11) is 0. The van der Waals surface area contributed by atoms with E-state index in [0.29, 0.717) is 17.1 Å². The third-order valence-corrected chi connectivity index (χ3v) is 4.92. The highest BCUT2D eigenvalue weighted by atomic mass is 32.1. The third-order valence-electron chi connectivity index (χ3n) is 3.14. The molecule has 0 radical (unpaired) electrons. The monoisotopic (exact) mass is 318 g/mol. The Morgan fingerprint density at radius 3 is 2.95 bits per heavy atom. The summed E-state index contributed by atoms with van der Waals surface area (Å²) in [5.41, 5.74) is 11.0. The van der Waals surface area contributed by atoms with Gasteiger partial charge in [0.25, 0.3) is 5.91 Å². The van der Waals surface area contributed by atoms with Crippen molar-refractivity contribution in [2.45, 2.75) is 20.4 Å². The Hall–Kier alpha value is -1.99. The second-order valence-corrected chi connectivity index (χ2v) is 6.50. The zero-order chi connectivity index (χ0) is 15.0. The summed E-state index contributed by atoms with van der Waals surface area (Å²) in [6.45, 7) is 4.26. The molecule has 1 amide bonds. The lowest BCUT2D eigenvalue weighted by Crippen LogP contribution is -2.22. The van der Waals surface area contributed by atoms with E-state index in [4.69, 9.17) is 5.73 Å². The minimum atomic E-state index is -0.168. The molecule has 0 atom stereocenters. The Morgan fingerprint density at radius 1 is 1.43 bits per heavy atom. The SMILES string of the molecule is Cc1cc2sc(C(=O)NCc3cscn3)c(N)c2c(C)n1. The molecule has 3 heterocycles. The molecule has 0 saturated carbocycles. The van der Waals surface area contributed by atoms with Crippen molar-refractivity contribution in [3.8, 4) is 0 Å². The molecule has 0 saturated heterocycles. The summed E-state index contributed by atoms with van der Waals surface area (Å²) in [5.74, 6) is -0.168. The highest BCUT2D eigenvalue weighted by Gasteiger charge is 2.18. The molecule has 0 aromatic carbocycles. The molecule has 3 aromatic rings. The van der Waals surface area contributed by atoms with Gasteiger partial charge in [0.05, 0.1) is 23.4 Å². The molecule has 0 bridgehead atoms. The van der Waals surface area contributed by atoms with E-state index in [9.17, 15) is 4.79 Å². The number of thiazole rings is 1. The molecule has 5 nitrogen and oxygen atoms in total. The fourth-order valence-electron chi connectivity index (χ4n) is 2.22. The number of carbonyl (C=O) groups excluding carboxylic acids is 1. The second-order valence-electron chi connectivity index (χ2n) is 4.73. The summed E-state index contributed by atoms with van der Waals surface area (Å²) in [6, 6.07) is 1.96. The number of nitrogen functional groups attached to an aromatic ring is 1. The fraction of sp³-hybridized carbons (Fsp3) is 0.214. The number of amides is 1. The molecule has 0 unspecified atom stereocenters. The predicted octanol–water partition coefficient (Wildman–Crippen LogP) is 2.88. The number of hydrogen-bond acceptors (Lipinski definition) is 6. The Balaban J connectivity index is 1.91. The van der Waals surface area contributed by atoms with E-state index in [1.807, 2.05) is 25.3 Å². The molecule has 108 valence electrons. The summed E-state index contributed by atoms with van der Waals surface area (Å²) >= 11 is 2.91. The van der Waals surface area contributed by atoms with Crippen LogP contribution in [0.2, 0.25) is 0 Å². The van der Waals surface area contributed by atoms with Crippen LogP contribution in [0.15, 0.2) is 17.0 Å². The van der Waals surface area contributed by atoms with E-state index >= 15 is 0 Å². The number of thiophene rings is 1. The molecule has 3 aromatic heterocycles. The van der Waals surface area contributed by atoms with Crippen molar-refractivity contribution in [2.75, 3.05) is 5.73 Å². The van der Waals surface area contributed by atoms with Crippen LogP contribution in [0.25, 0.3) is 10.1 Å². The number of anilines is 1. The number of hydrogen-bond donors (Lipinski definition) is 2. The molecule has 21 heavy (non-hydrogen) atoms. The maximum atomic E-state index is 12.3. The molecule has 7 heteroatoms. The zero-order valence-electron chi connectivity index (χ0n) is 11.6. The van der Waals surface area contributed by atoms with Gasteiger partial charge in [-0.3, -0.25) is 9.78 Å². The Bertz CT molecular complexity index is 808. The molecule has 0 fully saturated rings. The molecule has 0 aliphatic heterocycles. The van der Waals surface area contributed by atoms with Gasteiger partial charge in [0.1, 0.15) is 4.88 Å². The summed E-state index contributed by atoms with van der Waals surface area (Å²) in [4.78, 5) is 21.4. The van der Waals surface area contributed by atoms with Crippen LogP contribution in [0.1, 0.15) is 26.8 Å². The van der Waals surface area contributed by atoms with Crippen molar-refractivity contribution < 1.29 is 4.79 Å². The number of nitrogens with two attached hydrogens (primary N) is 1. The van der Waals surface area contributed by atoms with Crippen molar-refractivity contribution in [3.63, 3.8) is 0 Å². The van der Waals surface area contributed by atoms with Gasteiger partial charge in [-0.15, -0.1) is 22.7 Å². The summed E-state index contributed by atoms with van der Waals surface area (Å²) in [6.07, 6.45) is 0. The quantitative estimate of drug-likeness (QED) is 0.778. The van der Waals surface area contributed by atoms with Crippen molar-refractivity contribution in [1.82, 2.24) is 15.3 Å². The van der Waals surface area contributed by atoms with E-state index in [-0.39, 0.29) is 5.91 Å². The molecule has 3 N–H and O–H groups in total. The second kappa shape index (κ2) is 5.42. The minimum Gasteiger partial charge on any atom is -0.397 e. The number of nitrogens with zero attached hydrogens (tertiary/aromatic N) is 2. The minimum absolute atomic E-state index is 0.168. The van der Waals surface area contributed by atoms with Crippen LogP contribution in [0.3, 0.4) is 0 Å². The van der Waals surface area contributed by atoms with Crippen molar-refractivity contribution in [3.05, 3.63) is 38.9 Å². The molecular formula is C14H14N4OS2. The Morgan fingerprint density at radius 2 is 2.24 bits per heavy atom. The van der Waals surface area contributed by atoms with Gasteiger partial charge in [0, 0.05) is 26.9 Å². The first-order valence-electron chi connectivity index (χ1n) is 6.37. The van der Waals surface area contributed by atoms with Gasteiger partial charge in [-0.25, -0.2) is 4.98 Å². The Labute approximate surface area is 129 Å². The van der Waals surface area contributed by atoms with E-state index in [0.717, 1.165) is 27.2 Å². The van der Waals surface area contributed by atoms with Gasteiger partial charge in [-0.05, 0) is 19.9 Å². The average Bonchev–Trinajstić information content (AvgIpc) is 3.04. The predicted molar refractivity (Wildman–Crippen MR) is 86.8 cm³/mol. The van der Waals surface area contributed by atoms with Gasteiger partial charge in [0.2, 0.25) is 0 Å². The number of aromatic nitrogens is 2. The highest BCUT2D eigenvalue weighted by Crippen LogP contribution is 2.35. The average molecular weight is 318 g/mol. The van der Waals surface area contributed by atoms with Crippen LogP contribution in [-0.4, -0.2) is 15.9 Å². The standard InChI is InChI=1S/C14H14N4OS2/c1-7-3-10-11(8(2)18-7)12(15)13(21-10)14(19)16-4-9-5-20-6-17-9/h3,5-6H,4,15H2,1-2H3,(H,16,19). The fourth-order valence-corrected chi connectivity index (χ4v) is 3.97. The molecule has 0 aliphatic rings. The lowest BCUT2D eigenvalue weighted by atomic mass is 10.2. The zero-order valence-corrected chi connectivity index (χ0v) is 13.3. The van der Waals surface area contributed by atoms with Crippen molar-refractivity contribution in [1.29, 1.82) is 0 Å². The van der Waals surface area contributed by atoms with E-state index in [1.165, 1.54) is 22.7 Å². The van der Waals surface area contributed by atoms with Gasteiger partial charge in [-0.1, -0.05) is 0 Å². The third kappa shape index (κ3) is 2.62. The van der Waals surface area contributed by atoms with Crippen molar-refractivity contribution in [2.24, 2.45) is 0 Å². The van der Waals surface area contributed by atoms with Gasteiger partial charge < -0.3 is 11.1 Å². The topological polar surface area (TPSA) is 80.9 Å². The van der Waals surface area contributed by atoms with Gasteiger partial charge >= 0.3 is 0 Å². The normalized spacial score (nSPS) is 11.0. The lowest BCUT2D eigenvalue weighted by Gasteiger charge is -2.02. The van der Waals surface area contributed by atoms with Gasteiger partial charge in [0.15, 0.2) is 0 Å². The first-order chi connectivity index (χ1) is 10.1. The van der Waals surface area contributed by atoms with Crippen LogP contribution in [-0.2, 0) is 6.54 Å². The van der Waals surface area contributed by atoms with Crippen LogP contribution in [0.4, 0.5) is 5.69 Å². The van der Waals surface area contributed by atoms with E-state index < -0.39 is 0 Å². The first-order valence-corrected chi connectivity index (χ1v) is 8.13. The van der Waals surface area contributed by atoms with Crippen LogP contribution in [0.5, 0.6) is 0 Å². The Kier molecular flexibility index (Phi) is 3.60. The number of nitrogens with one attached hydrogen (secondary N) is 1. The number of fused-ring (bicyclic) bond motifs is 1. The molecule has 0 spiro atoms. The molecule has 0 aliphatic carbocycles. The maximum absolute atomic E-state index is 12.3. The number of aryl methyl sites for hydroxylation is 2. The number of pyridine rings is 1. The van der Waals surface area contributed by atoms with E-state index in [2.05, 4.69) is 15.3 Å². The summed E-state index contributed by atoms with van der Waals surface area (Å²) in [5, 5.41) is 5.64. The summed E-state index contributed by atoms with van der Waals surface area (Å²) < 4.78 is 0.997. The lowest BCUT2D eigenvalue weighted by molar-refractivity contribution is 0.0955. The van der Waals surface area contributed by atoms with Crippen LogP contribution < -0.4 is 11.1 Å². The van der Waals surface area contributed by atoms with Crippen LogP contribution >= 0.6 is 22.7 Å². The maximum Gasteiger partial charge on any atom is 0.263 e. The highest BCUT2D eigenvalue weighted by molar-refractivity contribution is 7.21. The first kappa shape index (κ1) is 14.0. The number of carbonyl (C=O) groups is 1. The molecule has 3 rings (SSSR count). The molecular weight excluding hydrogens is 304 g/mol. The van der Waals surface area contributed by atoms with E-state index in [1.54, 1.807) is 5.51 Å². The largest absolute Gasteiger partial charge is 0.397 e. The van der Waals surface area contributed by atoms with Crippen molar-refractivity contribution >= 4 is 44.4 Å². The number of rotatable bonds is 3. The smallest absolute Gasteiger partial charge is 0.263 e. The van der Waals surface area contributed by atoms with Crippen LogP contribution in [0, 0.1) is 13.8 Å².